The van der Waals surface area contributed by atoms with Gasteiger partial charge in [-0.25, -0.2) is 9.97 Å². The fraction of sp³-hybridized carbons (Fsp3) is 0.385. The van der Waals surface area contributed by atoms with E-state index in [2.05, 4.69) is 44.7 Å². The van der Waals surface area contributed by atoms with Crippen molar-refractivity contribution in [2.45, 2.75) is 13.3 Å². The normalized spacial score (nSPS) is 10.4. The summed E-state index contributed by atoms with van der Waals surface area (Å²) in [6.07, 6.45) is 1.05. The lowest BCUT2D eigenvalue weighted by Crippen LogP contribution is -2.21. The zero-order valence-corrected chi connectivity index (χ0v) is 11.8. The third-order valence-electron chi connectivity index (χ3n) is 2.75. The standard InChI is InChI=1S/C13H18N4S/c1-10-15-12(14-2)9-13(16-10)17(3)7-6-11-5-4-8-18-11/h4-5,8-9H,6-7H2,1-3H3,(H,14,15,16). The van der Waals surface area contributed by atoms with Gasteiger partial charge in [0, 0.05) is 31.6 Å². The number of hydrogen-bond acceptors (Lipinski definition) is 5. The summed E-state index contributed by atoms with van der Waals surface area (Å²) >= 11 is 1.80. The van der Waals surface area contributed by atoms with Crippen molar-refractivity contribution in [3.8, 4) is 0 Å². The Labute approximate surface area is 112 Å². The molecular weight excluding hydrogens is 244 g/mol. The summed E-state index contributed by atoms with van der Waals surface area (Å²) in [6.45, 7) is 2.87. The van der Waals surface area contributed by atoms with E-state index in [0.29, 0.717) is 0 Å². The van der Waals surface area contributed by atoms with E-state index < -0.39 is 0 Å². The molecule has 2 heterocycles. The minimum Gasteiger partial charge on any atom is -0.373 e. The van der Waals surface area contributed by atoms with E-state index in [0.717, 1.165) is 30.4 Å². The molecule has 2 rings (SSSR count). The number of nitrogens with one attached hydrogen (secondary N) is 1. The molecule has 0 saturated heterocycles. The monoisotopic (exact) mass is 262 g/mol. The van der Waals surface area contributed by atoms with Crippen LogP contribution < -0.4 is 10.2 Å². The maximum atomic E-state index is 4.46. The molecule has 0 saturated carbocycles. The van der Waals surface area contributed by atoms with Gasteiger partial charge in [-0.3, -0.25) is 0 Å². The molecule has 0 atom stereocenters. The second kappa shape index (κ2) is 5.82. The molecule has 0 amide bonds. The zero-order chi connectivity index (χ0) is 13.0. The smallest absolute Gasteiger partial charge is 0.134 e. The maximum Gasteiger partial charge on any atom is 0.134 e. The highest BCUT2D eigenvalue weighted by Gasteiger charge is 2.06. The summed E-state index contributed by atoms with van der Waals surface area (Å²) < 4.78 is 0. The molecule has 0 aliphatic rings. The van der Waals surface area contributed by atoms with Crippen LogP contribution >= 0.6 is 11.3 Å². The van der Waals surface area contributed by atoms with Crippen LogP contribution in [0.5, 0.6) is 0 Å². The van der Waals surface area contributed by atoms with Crippen LogP contribution in [0.2, 0.25) is 0 Å². The van der Waals surface area contributed by atoms with Gasteiger partial charge in [-0.2, -0.15) is 0 Å². The maximum absolute atomic E-state index is 4.46. The van der Waals surface area contributed by atoms with Crippen LogP contribution in [0.25, 0.3) is 0 Å². The number of rotatable bonds is 5. The van der Waals surface area contributed by atoms with Gasteiger partial charge in [-0.05, 0) is 24.8 Å². The Hall–Kier alpha value is -1.62. The zero-order valence-electron chi connectivity index (χ0n) is 11.0. The number of hydrogen-bond donors (Lipinski definition) is 1. The molecule has 0 aliphatic heterocycles. The van der Waals surface area contributed by atoms with E-state index in [-0.39, 0.29) is 0 Å². The first kappa shape index (κ1) is 12.8. The Balaban J connectivity index is 2.03. The predicted octanol–water partition coefficient (Wildman–Crippen LogP) is 2.57. The number of aryl methyl sites for hydroxylation is 1. The highest BCUT2D eigenvalue weighted by molar-refractivity contribution is 7.09. The average molecular weight is 262 g/mol. The van der Waals surface area contributed by atoms with Crippen LogP contribution in [0.15, 0.2) is 23.6 Å². The molecule has 4 nitrogen and oxygen atoms in total. The van der Waals surface area contributed by atoms with Gasteiger partial charge >= 0.3 is 0 Å². The molecule has 2 aromatic heterocycles. The van der Waals surface area contributed by atoms with Gasteiger partial charge in [-0.15, -0.1) is 11.3 Å². The Morgan fingerprint density at radius 2 is 2.22 bits per heavy atom. The van der Waals surface area contributed by atoms with Crippen LogP contribution in [0.4, 0.5) is 11.6 Å². The second-order valence-corrected chi connectivity index (χ2v) is 5.19. The van der Waals surface area contributed by atoms with Crippen molar-refractivity contribution in [1.82, 2.24) is 9.97 Å². The van der Waals surface area contributed by atoms with Crippen LogP contribution in [-0.2, 0) is 6.42 Å². The Bertz CT molecular complexity index is 496. The number of aromatic nitrogens is 2. The van der Waals surface area contributed by atoms with E-state index in [1.807, 2.05) is 20.0 Å². The number of thiophene rings is 1. The summed E-state index contributed by atoms with van der Waals surface area (Å²) in [5.74, 6) is 2.61. The molecule has 0 bridgehead atoms. The molecule has 0 radical (unpaired) electrons. The van der Waals surface area contributed by atoms with E-state index in [1.54, 1.807) is 11.3 Å². The van der Waals surface area contributed by atoms with E-state index in [1.165, 1.54) is 4.88 Å². The number of nitrogens with zero attached hydrogens (tertiary/aromatic N) is 3. The summed E-state index contributed by atoms with van der Waals surface area (Å²) in [7, 11) is 3.94. The molecule has 2 aromatic rings. The Morgan fingerprint density at radius 1 is 1.39 bits per heavy atom. The Kier molecular flexibility index (Phi) is 4.15. The van der Waals surface area contributed by atoms with Gasteiger partial charge in [0.1, 0.15) is 17.5 Å². The second-order valence-electron chi connectivity index (χ2n) is 4.16. The summed E-state index contributed by atoms with van der Waals surface area (Å²) in [5, 5.41) is 5.17. The van der Waals surface area contributed by atoms with Crippen molar-refractivity contribution in [3.05, 3.63) is 34.3 Å². The van der Waals surface area contributed by atoms with Gasteiger partial charge in [0.25, 0.3) is 0 Å². The van der Waals surface area contributed by atoms with Gasteiger partial charge in [0.05, 0.1) is 0 Å². The van der Waals surface area contributed by atoms with E-state index in [9.17, 15) is 0 Å². The lowest BCUT2D eigenvalue weighted by molar-refractivity contribution is 0.857. The minimum absolute atomic E-state index is 0.792. The van der Waals surface area contributed by atoms with Crippen LogP contribution in [0.3, 0.4) is 0 Å². The first-order chi connectivity index (χ1) is 8.69. The lowest BCUT2D eigenvalue weighted by atomic mass is 10.3. The van der Waals surface area contributed by atoms with Crippen molar-refractivity contribution in [2.24, 2.45) is 0 Å². The van der Waals surface area contributed by atoms with Crippen molar-refractivity contribution in [1.29, 1.82) is 0 Å². The summed E-state index contributed by atoms with van der Waals surface area (Å²) in [6, 6.07) is 6.23. The SMILES string of the molecule is CNc1cc(N(C)CCc2cccs2)nc(C)n1. The van der Waals surface area contributed by atoms with Crippen molar-refractivity contribution in [2.75, 3.05) is 30.9 Å². The molecule has 5 heteroatoms. The topological polar surface area (TPSA) is 41.0 Å². The van der Waals surface area contributed by atoms with Gasteiger partial charge in [0.2, 0.25) is 0 Å². The molecule has 0 spiro atoms. The van der Waals surface area contributed by atoms with Crippen LogP contribution in [0.1, 0.15) is 10.7 Å². The van der Waals surface area contributed by atoms with Crippen LogP contribution in [0, 0.1) is 6.92 Å². The molecule has 96 valence electrons. The predicted molar refractivity (Wildman–Crippen MR) is 77.6 cm³/mol. The first-order valence-electron chi connectivity index (χ1n) is 5.96. The molecule has 0 unspecified atom stereocenters. The molecule has 18 heavy (non-hydrogen) atoms. The third-order valence-corrected chi connectivity index (χ3v) is 3.68. The van der Waals surface area contributed by atoms with Gasteiger partial charge in [-0.1, -0.05) is 6.07 Å². The summed E-state index contributed by atoms with van der Waals surface area (Å²) in [4.78, 5) is 12.3. The van der Waals surface area contributed by atoms with Gasteiger partial charge in [0.15, 0.2) is 0 Å². The number of likely N-dealkylation sites (N-methyl/N-ethyl adjacent to an activating group) is 1. The van der Waals surface area contributed by atoms with Crippen LogP contribution in [-0.4, -0.2) is 30.6 Å². The highest BCUT2D eigenvalue weighted by Crippen LogP contribution is 2.16. The third kappa shape index (κ3) is 3.20. The largest absolute Gasteiger partial charge is 0.373 e. The first-order valence-corrected chi connectivity index (χ1v) is 6.84. The minimum atomic E-state index is 0.792. The lowest BCUT2D eigenvalue weighted by Gasteiger charge is -2.18. The molecule has 1 N–H and O–H groups in total. The van der Waals surface area contributed by atoms with Gasteiger partial charge < -0.3 is 10.2 Å². The number of anilines is 2. The van der Waals surface area contributed by atoms with E-state index in [4.69, 9.17) is 0 Å². The fourth-order valence-corrected chi connectivity index (χ4v) is 2.42. The fourth-order valence-electron chi connectivity index (χ4n) is 1.72. The van der Waals surface area contributed by atoms with Crippen molar-refractivity contribution >= 4 is 23.0 Å². The Morgan fingerprint density at radius 3 is 2.89 bits per heavy atom. The molecule has 0 fully saturated rings. The molecular formula is C13H18N4S. The quantitative estimate of drug-likeness (QED) is 0.899. The van der Waals surface area contributed by atoms with Crippen molar-refractivity contribution < 1.29 is 0 Å². The average Bonchev–Trinajstić information content (AvgIpc) is 2.88. The molecule has 0 aliphatic carbocycles. The van der Waals surface area contributed by atoms with Crippen molar-refractivity contribution in [3.63, 3.8) is 0 Å². The highest BCUT2D eigenvalue weighted by atomic mass is 32.1. The summed E-state index contributed by atoms with van der Waals surface area (Å²) in [5.41, 5.74) is 0. The van der Waals surface area contributed by atoms with E-state index >= 15 is 0 Å². The molecule has 0 aromatic carbocycles.